The quantitative estimate of drug-likeness (QED) is 0.441. The van der Waals surface area contributed by atoms with Crippen LogP contribution in [0.25, 0.3) is 10.9 Å². The number of phenols is 1. The Bertz CT molecular complexity index is 1200. The van der Waals surface area contributed by atoms with E-state index in [0.29, 0.717) is 0 Å². The van der Waals surface area contributed by atoms with Crippen molar-refractivity contribution in [3.05, 3.63) is 57.8 Å². The first-order chi connectivity index (χ1) is 16.1. The number of nitrogens with zero attached hydrogens (tertiary/aromatic N) is 5. The zero-order valence-electron chi connectivity index (χ0n) is 19.0. The van der Waals surface area contributed by atoms with Crippen LogP contribution in [0.3, 0.4) is 0 Å². The SMILES string of the molecule is Nn1c(CCCCN2CCN(c3ccc4ccc(O)cc4n3)CC2)nc2c(c1=O)CCCC2. The second kappa shape index (κ2) is 9.39. The summed E-state index contributed by atoms with van der Waals surface area (Å²) in [5.41, 5.74) is 2.56. The van der Waals surface area contributed by atoms with E-state index in [-0.39, 0.29) is 11.3 Å². The molecule has 0 spiro atoms. The Kier molecular flexibility index (Phi) is 6.17. The number of rotatable bonds is 6. The van der Waals surface area contributed by atoms with Crippen molar-refractivity contribution in [2.45, 2.75) is 44.9 Å². The minimum atomic E-state index is -0.0525. The highest BCUT2D eigenvalue weighted by molar-refractivity contribution is 5.81. The maximum Gasteiger partial charge on any atom is 0.275 e. The lowest BCUT2D eigenvalue weighted by Gasteiger charge is -2.35. The van der Waals surface area contributed by atoms with Crippen molar-refractivity contribution in [2.24, 2.45) is 0 Å². The van der Waals surface area contributed by atoms with Crippen molar-refractivity contribution >= 4 is 16.7 Å². The first-order valence-corrected chi connectivity index (χ1v) is 12.0. The Morgan fingerprint density at radius 2 is 1.76 bits per heavy atom. The number of fused-ring (bicyclic) bond motifs is 2. The molecule has 33 heavy (non-hydrogen) atoms. The molecule has 5 rings (SSSR count). The summed E-state index contributed by atoms with van der Waals surface area (Å²) in [5, 5.41) is 10.8. The van der Waals surface area contributed by atoms with E-state index in [1.165, 1.54) is 4.68 Å². The van der Waals surface area contributed by atoms with Gasteiger partial charge >= 0.3 is 0 Å². The Balaban J connectivity index is 1.11. The fraction of sp³-hybridized carbons (Fsp3) is 0.480. The number of phenolic OH excluding ortho intramolecular Hbond substituents is 1. The number of piperazine rings is 1. The molecule has 3 heterocycles. The Morgan fingerprint density at radius 1 is 0.970 bits per heavy atom. The van der Waals surface area contributed by atoms with Crippen molar-refractivity contribution < 1.29 is 5.11 Å². The monoisotopic (exact) mass is 448 g/mol. The number of aryl methyl sites for hydroxylation is 2. The molecule has 1 saturated heterocycles. The molecule has 0 amide bonds. The number of benzene rings is 1. The molecule has 2 aromatic heterocycles. The second-order valence-corrected chi connectivity index (χ2v) is 9.17. The molecule has 174 valence electrons. The standard InChI is InChI=1S/C25H32N6O2/c26-31-24(27-21-6-2-1-5-20(21)25(31)33)7-3-4-12-29-13-15-30(16-14-29)23-11-9-18-8-10-19(32)17-22(18)28-23/h8-11,17,32H,1-7,12-16,26H2. The number of aromatic hydroxyl groups is 1. The van der Waals surface area contributed by atoms with Crippen LogP contribution in [0.2, 0.25) is 0 Å². The average molecular weight is 449 g/mol. The maximum absolute atomic E-state index is 12.5. The van der Waals surface area contributed by atoms with Gasteiger partial charge in [-0.05, 0) is 69.3 Å². The van der Waals surface area contributed by atoms with Crippen molar-refractivity contribution in [1.82, 2.24) is 19.5 Å². The van der Waals surface area contributed by atoms with Gasteiger partial charge in [0.05, 0.1) is 11.2 Å². The summed E-state index contributed by atoms with van der Waals surface area (Å²) >= 11 is 0. The van der Waals surface area contributed by atoms with Crippen LogP contribution in [0.4, 0.5) is 5.82 Å². The molecule has 3 aromatic rings. The number of nitrogens with two attached hydrogens (primary N) is 1. The number of hydrogen-bond donors (Lipinski definition) is 2. The molecule has 3 N–H and O–H groups in total. The fourth-order valence-electron chi connectivity index (χ4n) is 4.98. The molecule has 1 aliphatic carbocycles. The van der Waals surface area contributed by atoms with Crippen LogP contribution in [-0.2, 0) is 19.3 Å². The van der Waals surface area contributed by atoms with E-state index >= 15 is 0 Å². The topological polar surface area (TPSA) is 101 Å². The van der Waals surface area contributed by atoms with Gasteiger partial charge in [0.2, 0.25) is 0 Å². The van der Waals surface area contributed by atoms with Crippen LogP contribution in [0.15, 0.2) is 35.1 Å². The summed E-state index contributed by atoms with van der Waals surface area (Å²) in [7, 11) is 0. The van der Waals surface area contributed by atoms with Gasteiger partial charge in [-0.1, -0.05) is 0 Å². The van der Waals surface area contributed by atoms with E-state index in [9.17, 15) is 9.90 Å². The lowest BCUT2D eigenvalue weighted by molar-refractivity contribution is 0.252. The number of unbranched alkanes of at least 4 members (excludes halogenated alkanes) is 1. The van der Waals surface area contributed by atoms with Gasteiger partial charge in [0.25, 0.3) is 5.56 Å². The van der Waals surface area contributed by atoms with Crippen LogP contribution >= 0.6 is 0 Å². The molecule has 0 bridgehead atoms. The summed E-state index contributed by atoms with van der Waals surface area (Å²) in [6.07, 6.45) is 6.64. The van der Waals surface area contributed by atoms with Crippen molar-refractivity contribution in [3.63, 3.8) is 0 Å². The summed E-state index contributed by atoms with van der Waals surface area (Å²) < 4.78 is 1.28. The highest BCUT2D eigenvalue weighted by Gasteiger charge is 2.20. The molecule has 1 aliphatic heterocycles. The van der Waals surface area contributed by atoms with E-state index < -0.39 is 0 Å². The molecule has 8 nitrogen and oxygen atoms in total. The van der Waals surface area contributed by atoms with Crippen LogP contribution in [0.5, 0.6) is 5.75 Å². The zero-order chi connectivity index (χ0) is 22.8. The molecule has 0 saturated carbocycles. The molecular formula is C25H32N6O2. The van der Waals surface area contributed by atoms with Gasteiger partial charge in [-0.3, -0.25) is 9.69 Å². The van der Waals surface area contributed by atoms with Gasteiger partial charge in [0.15, 0.2) is 0 Å². The van der Waals surface area contributed by atoms with E-state index in [0.717, 1.165) is 111 Å². The molecule has 2 aliphatic rings. The molecule has 0 radical (unpaired) electrons. The zero-order valence-corrected chi connectivity index (χ0v) is 19.0. The Hall–Kier alpha value is -3.13. The lowest BCUT2D eigenvalue weighted by atomic mass is 9.97. The van der Waals surface area contributed by atoms with Crippen LogP contribution in [-0.4, -0.2) is 57.4 Å². The molecule has 8 heteroatoms. The molecule has 1 fully saturated rings. The van der Waals surface area contributed by atoms with Gasteiger partial charge in [-0.25, -0.2) is 14.6 Å². The van der Waals surface area contributed by atoms with Gasteiger partial charge in [0, 0.05) is 49.6 Å². The summed E-state index contributed by atoms with van der Waals surface area (Å²) in [5.74, 6) is 7.98. The first-order valence-electron chi connectivity index (χ1n) is 12.0. The predicted octanol–water partition coefficient (Wildman–Crippen LogP) is 2.23. The summed E-state index contributed by atoms with van der Waals surface area (Å²) in [4.78, 5) is 26.8. The van der Waals surface area contributed by atoms with Gasteiger partial charge in [-0.15, -0.1) is 0 Å². The van der Waals surface area contributed by atoms with Crippen LogP contribution in [0.1, 0.15) is 42.8 Å². The summed E-state index contributed by atoms with van der Waals surface area (Å²) in [6, 6.07) is 9.43. The molecule has 0 unspecified atom stereocenters. The molecular weight excluding hydrogens is 416 g/mol. The van der Waals surface area contributed by atoms with Crippen molar-refractivity contribution in [3.8, 4) is 5.75 Å². The Labute approximate surface area is 193 Å². The second-order valence-electron chi connectivity index (χ2n) is 9.17. The van der Waals surface area contributed by atoms with Crippen LogP contribution in [0, 0.1) is 0 Å². The predicted molar refractivity (Wildman–Crippen MR) is 130 cm³/mol. The minimum absolute atomic E-state index is 0.0525. The number of anilines is 1. The minimum Gasteiger partial charge on any atom is -0.508 e. The largest absolute Gasteiger partial charge is 0.508 e. The van der Waals surface area contributed by atoms with Crippen molar-refractivity contribution in [1.29, 1.82) is 0 Å². The fourth-order valence-corrected chi connectivity index (χ4v) is 4.98. The number of aromatic nitrogens is 3. The normalized spacial score (nSPS) is 16.8. The van der Waals surface area contributed by atoms with E-state index in [2.05, 4.69) is 21.9 Å². The van der Waals surface area contributed by atoms with E-state index in [1.807, 2.05) is 6.07 Å². The third-order valence-electron chi connectivity index (χ3n) is 6.94. The number of pyridine rings is 1. The first kappa shape index (κ1) is 21.7. The van der Waals surface area contributed by atoms with Crippen LogP contribution < -0.4 is 16.3 Å². The van der Waals surface area contributed by atoms with Gasteiger partial charge in [-0.2, -0.15) is 0 Å². The summed E-state index contributed by atoms with van der Waals surface area (Å²) in [6.45, 7) is 4.90. The van der Waals surface area contributed by atoms with E-state index in [4.69, 9.17) is 15.8 Å². The molecule has 1 aromatic carbocycles. The lowest BCUT2D eigenvalue weighted by Crippen LogP contribution is -2.46. The van der Waals surface area contributed by atoms with Crippen molar-refractivity contribution in [2.75, 3.05) is 43.5 Å². The van der Waals surface area contributed by atoms with Gasteiger partial charge in [0.1, 0.15) is 17.4 Å². The average Bonchev–Trinajstić information content (AvgIpc) is 2.84. The number of nitrogen functional groups attached to an aromatic ring is 1. The molecule has 0 atom stereocenters. The highest BCUT2D eigenvalue weighted by atomic mass is 16.3. The highest BCUT2D eigenvalue weighted by Crippen LogP contribution is 2.23. The number of hydrogen-bond acceptors (Lipinski definition) is 7. The smallest absolute Gasteiger partial charge is 0.275 e. The van der Waals surface area contributed by atoms with E-state index in [1.54, 1.807) is 12.1 Å². The van der Waals surface area contributed by atoms with Gasteiger partial charge < -0.3 is 15.8 Å². The maximum atomic E-state index is 12.5. The third-order valence-corrected chi connectivity index (χ3v) is 6.94. The Morgan fingerprint density at radius 3 is 2.61 bits per heavy atom. The third kappa shape index (κ3) is 4.66.